The molecule has 0 aliphatic carbocycles. The Morgan fingerprint density at radius 1 is 0.783 bits per heavy atom. The largest absolute Gasteiger partial charge is 0.490 e. The molecule has 4 aliphatic rings. The van der Waals surface area contributed by atoms with Crippen molar-refractivity contribution in [3.63, 3.8) is 0 Å². The van der Waals surface area contributed by atoms with E-state index in [9.17, 15) is 14.0 Å². The summed E-state index contributed by atoms with van der Waals surface area (Å²) >= 11 is 0. The van der Waals surface area contributed by atoms with Crippen LogP contribution in [0.25, 0.3) is 0 Å². The van der Waals surface area contributed by atoms with Crippen LogP contribution in [0.5, 0.6) is 11.5 Å². The summed E-state index contributed by atoms with van der Waals surface area (Å²) in [6.45, 7) is 13.7. The first-order valence-corrected chi connectivity index (χ1v) is 17.2. The van der Waals surface area contributed by atoms with Gasteiger partial charge in [-0.3, -0.25) is 9.59 Å². The standard InChI is InChI=1S/C36H50FN5O4/c1-36(2,3)35(44)42-14-7-25(8-15-42)32-20-26(4-5-33(32)46-30-6-11-39-24-30)34(43)41-16-9-29(10-17-41)45-31-22-27(37)21-28(23-31)40-18-12-38-13-19-40/h4-5,20-23,25,29-30,38-39H,6-19,24H2,1-3H3/t30-/m0/s1. The van der Waals surface area contributed by atoms with E-state index in [-0.39, 0.29) is 35.8 Å². The monoisotopic (exact) mass is 635 g/mol. The number of nitrogens with zero attached hydrogens (tertiary/aromatic N) is 3. The number of benzene rings is 2. The topological polar surface area (TPSA) is 86.4 Å². The first kappa shape index (κ1) is 32.6. The number of hydrogen-bond donors (Lipinski definition) is 2. The fraction of sp³-hybridized carbons (Fsp3) is 0.611. The number of anilines is 1. The molecule has 2 amide bonds. The smallest absolute Gasteiger partial charge is 0.253 e. The van der Waals surface area contributed by atoms with Gasteiger partial charge >= 0.3 is 0 Å². The average Bonchev–Trinajstić information content (AvgIpc) is 3.58. The van der Waals surface area contributed by atoms with E-state index in [2.05, 4.69) is 15.5 Å². The molecule has 0 unspecified atom stereocenters. The summed E-state index contributed by atoms with van der Waals surface area (Å²) < 4.78 is 27.2. The Morgan fingerprint density at radius 2 is 1.50 bits per heavy atom. The second kappa shape index (κ2) is 14.2. The number of carbonyl (C=O) groups excluding carboxylic acids is 2. The van der Waals surface area contributed by atoms with Crippen molar-refractivity contribution in [2.75, 3.05) is 70.3 Å². The third kappa shape index (κ3) is 7.77. The maximum absolute atomic E-state index is 14.5. The number of ether oxygens (including phenoxy) is 2. The zero-order chi connectivity index (χ0) is 32.3. The minimum atomic E-state index is -0.396. The number of rotatable bonds is 7. The molecule has 4 fully saturated rings. The van der Waals surface area contributed by atoms with Gasteiger partial charge in [-0.1, -0.05) is 20.8 Å². The van der Waals surface area contributed by atoms with Crippen LogP contribution in [0.4, 0.5) is 10.1 Å². The normalized spacial score (nSPS) is 21.8. The SMILES string of the molecule is CC(C)(C)C(=O)N1CCC(c2cc(C(=O)N3CCC(Oc4cc(F)cc(N5CCNCC5)c4)CC3)ccc2O[C@H]2CCNC2)CC1. The van der Waals surface area contributed by atoms with Crippen molar-refractivity contribution in [1.29, 1.82) is 0 Å². The molecule has 9 nitrogen and oxygen atoms in total. The highest BCUT2D eigenvalue weighted by molar-refractivity contribution is 5.94. The van der Waals surface area contributed by atoms with Gasteiger partial charge in [0.2, 0.25) is 5.91 Å². The molecule has 46 heavy (non-hydrogen) atoms. The molecule has 4 saturated heterocycles. The molecule has 0 spiro atoms. The number of likely N-dealkylation sites (tertiary alicyclic amines) is 2. The van der Waals surface area contributed by atoms with Crippen molar-refractivity contribution in [2.45, 2.75) is 71.0 Å². The van der Waals surface area contributed by atoms with Gasteiger partial charge in [0.1, 0.15) is 29.5 Å². The molecule has 2 aromatic carbocycles. The fourth-order valence-corrected chi connectivity index (χ4v) is 7.16. The molecule has 0 aromatic heterocycles. The van der Waals surface area contributed by atoms with Gasteiger partial charge < -0.3 is 34.8 Å². The molecule has 2 N–H and O–H groups in total. The Bertz CT molecular complexity index is 1370. The zero-order valence-electron chi connectivity index (χ0n) is 27.7. The summed E-state index contributed by atoms with van der Waals surface area (Å²) in [4.78, 5) is 32.8. The van der Waals surface area contributed by atoms with Crippen molar-refractivity contribution in [3.8, 4) is 11.5 Å². The lowest BCUT2D eigenvalue weighted by Gasteiger charge is -2.36. The maximum atomic E-state index is 14.5. The average molecular weight is 636 g/mol. The van der Waals surface area contributed by atoms with Crippen molar-refractivity contribution in [3.05, 3.63) is 53.3 Å². The second-order valence-corrected chi connectivity index (χ2v) is 14.3. The van der Waals surface area contributed by atoms with Crippen molar-refractivity contribution >= 4 is 17.5 Å². The van der Waals surface area contributed by atoms with E-state index >= 15 is 0 Å². The summed E-state index contributed by atoms with van der Waals surface area (Å²) in [6, 6.07) is 10.9. The minimum Gasteiger partial charge on any atom is -0.490 e. The van der Waals surface area contributed by atoms with Gasteiger partial charge in [0.05, 0.1) is 0 Å². The number of halogens is 1. The van der Waals surface area contributed by atoms with Crippen LogP contribution in [0.2, 0.25) is 0 Å². The highest BCUT2D eigenvalue weighted by Gasteiger charge is 2.33. The highest BCUT2D eigenvalue weighted by Crippen LogP contribution is 2.37. The Hall–Kier alpha value is -3.37. The lowest BCUT2D eigenvalue weighted by atomic mass is 9.86. The summed E-state index contributed by atoms with van der Waals surface area (Å²) in [5.74, 6) is 1.53. The number of piperidine rings is 2. The quantitative estimate of drug-likeness (QED) is 0.466. The second-order valence-electron chi connectivity index (χ2n) is 14.3. The van der Waals surface area contributed by atoms with Crippen molar-refractivity contribution in [2.24, 2.45) is 5.41 Å². The first-order chi connectivity index (χ1) is 22.1. The fourth-order valence-electron chi connectivity index (χ4n) is 7.16. The third-order valence-corrected chi connectivity index (χ3v) is 9.80. The minimum absolute atomic E-state index is 0.0147. The molecular weight excluding hydrogens is 585 g/mol. The van der Waals surface area contributed by atoms with Crippen molar-refractivity contribution < 1.29 is 23.5 Å². The van der Waals surface area contributed by atoms with E-state index in [1.807, 2.05) is 54.8 Å². The molecule has 6 rings (SSSR count). The predicted molar refractivity (Wildman–Crippen MR) is 177 cm³/mol. The zero-order valence-corrected chi connectivity index (χ0v) is 27.7. The summed E-state index contributed by atoms with van der Waals surface area (Å²) in [5, 5.41) is 6.70. The summed E-state index contributed by atoms with van der Waals surface area (Å²) in [5.41, 5.74) is 2.20. The maximum Gasteiger partial charge on any atom is 0.253 e. The van der Waals surface area contributed by atoms with Crippen LogP contribution in [0.15, 0.2) is 36.4 Å². The Morgan fingerprint density at radius 3 is 2.17 bits per heavy atom. The molecule has 4 aliphatic heterocycles. The molecule has 0 radical (unpaired) electrons. The van der Waals surface area contributed by atoms with E-state index in [1.165, 1.54) is 6.07 Å². The van der Waals surface area contributed by atoms with Gasteiger partial charge in [-0.25, -0.2) is 4.39 Å². The highest BCUT2D eigenvalue weighted by atomic mass is 19.1. The predicted octanol–water partition coefficient (Wildman–Crippen LogP) is 4.41. The van der Waals surface area contributed by atoms with Gasteiger partial charge in [0, 0.05) is 101 Å². The van der Waals surface area contributed by atoms with Crippen LogP contribution in [-0.2, 0) is 4.79 Å². The molecule has 10 heteroatoms. The summed E-state index contributed by atoms with van der Waals surface area (Å²) in [6.07, 6.45) is 4.07. The molecule has 4 heterocycles. The molecule has 0 saturated carbocycles. The number of nitrogens with one attached hydrogen (secondary N) is 2. The van der Waals surface area contributed by atoms with Crippen LogP contribution in [0, 0.1) is 11.2 Å². The van der Waals surface area contributed by atoms with Gasteiger partial charge in [-0.05, 0) is 61.6 Å². The first-order valence-electron chi connectivity index (χ1n) is 17.2. The van der Waals surface area contributed by atoms with Crippen LogP contribution >= 0.6 is 0 Å². The number of carbonyl (C=O) groups is 2. The van der Waals surface area contributed by atoms with Crippen LogP contribution in [0.3, 0.4) is 0 Å². The Labute approximate surface area is 272 Å². The van der Waals surface area contributed by atoms with E-state index in [0.717, 1.165) is 75.5 Å². The molecule has 0 bridgehead atoms. The van der Waals surface area contributed by atoms with Crippen molar-refractivity contribution in [1.82, 2.24) is 20.4 Å². The van der Waals surface area contributed by atoms with E-state index < -0.39 is 5.41 Å². The van der Waals surface area contributed by atoms with Gasteiger partial charge in [0.15, 0.2) is 0 Å². The van der Waals surface area contributed by atoms with Crippen LogP contribution in [-0.4, -0.2) is 99.3 Å². The number of hydrogen-bond acceptors (Lipinski definition) is 7. The van der Waals surface area contributed by atoms with Crippen LogP contribution in [0.1, 0.15) is 74.7 Å². The van der Waals surface area contributed by atoms with Gasteiger partial charge in [-0.15, -0.1) is 0 Å². The lowest BCUT2D eigenvalue weighted by molar-refractivity contribution is -0.140. The molecular formula is C36H50FN5O4. The van der Waals surface area contributed by atoms with E-state index in [4.69, 9.17) is 9.47 Å². The Kier molecular flexibility index (Phi) is 10.0. The number of amides is 2. The number of piperazine rings is 1. The van der Waals surface area contributed by atoms with E-state index in [0.29, 0.717) is 50.3 Å². The molecule has 250 valence electrons. The van der Waals surface area contributed by atoms with Gasteiger partial charge in [-0.2, -0.15) is 0 Å². The van der Waals surface area contributed by atoms with Crippen LogP contribution < -0.4 is 25.0 Å². The lowest BCUT2D eigenvalue weighted by Crippen LogP contribution is -2.44. The van der Waals surface area contributed by atoms with Gasteiger partial charge in [0.25, 0.3) is 5.91 Å². The molecule has 2 aromatic rings. The van der Waals surface area contributed by atoms with E-state index in [1.54, 1.807) is 6.07 Å². The summed E-state index contributed by atoms with van der Waals surface area (Å²) in [7, 11) is 0. The third-order valence-electron chi connectivity index (χ3n) is 9.80. The Balaban J connectivity index is 1.10. The molecule has 1 atom stereocenters.